The van der Waals surface area contributed by atoms with E-state index in [4.69, 9.17) is 9.47 Å². The molecule has 0 saturated heterocycles. The molecule has 0 bridgehead atoms. The zero-order chi connectivity index (χ0) is 20.7. The maximum Gasteiger partial charge on any atom is 0.242 e. The highest BCUT2D eigenvalue weighted by atomic mass is 127. The van der Waals surface area contributed by atoms with Gasteiger partial charge in [-0.15, -0.1) is 24.0 Å². The van der Waals surface area contributed by atoms with Gasteiger partial charge >= 0.3 is 0 Å². The molecule has 2 aromatic rings. The van der Waals surface area contributed by atoms with Crippen LogP contribution in [0.1, 0.15) is 18.9 Å². The monoisotopic (exact) mass is 526 g/mol. The SMILES string of the molecule is CCNC(=NCC(=O)NCc1ccccc1)Nc1cccc(OCCCOC)c1.I. The molecule has 8 heteroatoms. The lowest BCUT2D eigenvalue weighted by Crippen LogP contribution is -2.33. The Morgan fingerprint density at radius 3 is 2.57 bits per heavy atom. The first-order valence-electron chi connectivity index (χ1n) is 9.79. The molecule has 0 fully saturated rings. The summed E-state index contributed by atoms with van der Waals surface area (Å²) in [6.07, 6.45) is 0.830. The molecule has 2 aromatic carbocycles. The van der Waals surface area contributed by atoms with Crippen molar-refractivity contribution >= 4 is 41.5 Å². The first kappa shape index (κ1) is 25.7. The van der Waals surface area contributed by atoms with E-state index in [1.165, 1.54) is 0 Å². The number of hydrogen-bond acceptors (Lipinski definition) is 4. The van der Waals surface area contributed by atoms with Crippen LogP contribution in [0.4, 0.5) is 5.69 Å². The molecule has 30 heavy (non-hydrogen) atoms. The number of aliphatic imine (C=N–C) groups is 1. The average Bonchev–Trinajstić information content (AvgIpc) is 2.75. The van der Waals surface area contributed by atoms with Gasteiger partial charge in [-0.05, 0) is 24.6 Å². The highest BCUT2D eigenvalue weighted by molar-refractivity contribution is 14.0. The quantitative estimate of drug-likeness (QED) is 0.181. The van der Waals surface area contributed by atoms with Crippen molar-refractivity contribution in [3.05, 3.63) is 60.2 Å². The van der Waals surface area contributed by atoms with Crippen molar-refractivity contribution in [2.45, 2.75) is 19.9 Å². The van der Waals surface area contributed by atoms with E-state index in [9.17, 15) is 4.79 Å². The van der Waals surface area contributed by atoms with Crippen LogP contribution in [0.15, 0.2) is 59.6 Å². The van der Waals surface area contributed by atoms with Gasteiger partial charge < -0.3 is 25.4 Å². The Labute approximate surface area is 195 Å². The minimum absolute atomic E-state index is 0. The minimum Gasteiger partial charge on any atom is -0.493 e. The summed E-state index contributed by atoms with van der Waals surface area (Å²) >= 11 is 0. The van der Waals surface area contributed by atoms with Crippen LogP contribution in [0.25, 0.3) is 0 Å². The number of amides is 1. The first-order chi connectivity index (χ1) is 14.2. The van der Waals surface area contributed by atoms with Crippen LogP contribution in [-0.4, -0.2) is 45.3 Å². The summed E-state index contributed by atoms with van der Waals surface area (Å²) < 4.78 is 10.7. The molecule has 7 nitrogen and oxygen atoms in total. The van der Waals surface area contributed by atoms with Crippen molar-refractivity contribution in [3.8, 4) is 5.75 Å². The van der Waals surface area contributed by atoms with Gasteiger partial charge in [-0.1, -0.05) is 36.4 Å². The van der Waals surface area contributed by atoms with E-state index in [0.717, 1.165) is 23.4 Å². The van der Waals surface area contributed by atoms with Crippen LogP contribution in [0.5, 0.6) is 5.75 Å². The summed E-state index contributed by atoms with van der Waals surface area (Å²) in [4.78, 5) is 16.5. The van der Waals surface area contributed by atoms with E-state index in [1.54, 1.807) is 7.11 Å². The topological polar surface area (TPSA) is 84.0 Å². The lowest BCUT2D eigenvalue weighted by atomic mass is 10.2. The highest BCUT2D eigenvalue weighted by Crippen LogP contribution is 2.17. The molecular formula is C22H31IN4O3. The largest absolute Gasteiger partial charge is 0.493 e. The Balaban J connectivity index is 0.00000450. The fourth-order valence-corrected chi connectivity index (χ4v) is 2.50. The van der Waals surface area contributed by atoms with E-state index in [1.807, 2.05) is 61.5 Å². The van der Waals surface area contributed by atoms with E-state index < -0.39 is 0 Å². The number of halogens is 1. The molecule has 0 radical (unpaired) electrons. The predicted molar refractivity (Wildman–Crippen MR) is 132 cm³/mol. The van der Waals surface area contributed by atoms with Gasteiger partial charge in [-0.2, -0.15) is 0 Å². The van der Waals surface area contributed by atoms with Gasteiger partial charge in [-0.25, -0.2) is 4.99 Å². The Kier molecular flexibility index (Phi) is 13.3. The molecule has 2 rings (SSSR count). The zero-order valence-corrected chi connectivity index (χ0v) is 19.8. The number of anilines is 1. The smallest absolute Gasteiger partial charge is 0.242 e. The molecule has 0 spiro atoms. The highest BCUT2D eigenvalue weighted by Gasteiger charge is 2.04. The normalized spacial score (nSPS) is 10.7. The van der Waals surface area contributed by atoms with E-state index in [-0.39, 0.29) is 36.4 Å². The van der Waals surface area contributed by atoms with Gasteiger partial charge in [-0.3, -0.25) is 4.79 Å². The summed E-state index contributed by atoms with van der Waals surface area (Å²) in [7, 11) is 1.67. The minimum atomic E-state index is -0.138. The summed E-state index contributed by atoms with van der Waals surface area (Å²) in [5.41, 5.74) is 1.89. The maximum atomic E-state index is 12.1. The van der Waals surface area contributed by atoms with Crippen LogP contribution in [0.2, 0.25) is 0 Å². The molecule has 0 saturated carbocycles. The van der Waals surface area contributed by atoms with E-state index in [2.05, 4.69) is 20.9 Å². The molecule has 0 atom stereocenters. The van der Waals surface area contributed by atoms with Crippen LogP contribution < -0.4 is 20.7 Å². The molecule has 3 N–H and O–H groups in total. The Morgan fingerprint density at radius 2 is 1.83 bits per heavy atom. The molecule has 0 unspecified atom stereocenters. The molecule has 0 aliphatic heterocycles. The number of nitrogens with zero attached hydrogens (tertiary/aromatic N) is 1. The third-order valence-electron chi connectivity index (χ3n) is 3.92. The molecule has 0 aliphatic carbocycles. The molecule has 0 heterocycles. The zero-order valence-electron chi connectivity index (χ0n) is 17.5. The molecule has 0 aromatic heterocycles. The third kappa shape index (κ3) is 10.4. The van der Waals surface area contributed by atoms with Crippen LogP contribution in [-0.2, 0) is 16.1 Å². The number of nitrogens with one attached hydrogen (secondary N) is 3. The van der Waals surface area contributed by atoms with Gasteiger partial charge in [0, 0.05) is 45.0 Å². The van der Waals surface area contributed by atoms with Crippen molar-refractivity contribution < 1.29 is 14.3 Å². The summed E-state index contributed by atoms with van der Waals surface area (Å²) in [5.74, 6) is 1.17. The number of ether oxygens (including phenoxy) is 2. The summed E-state index contributed by atoms with van der Waals surface area (Å²) in [6, 6.07) is 17.4. The second-order valence-electron chi connectivity index (χ2n) is 6.31. The number of hydrogen-bond donors (Lipinski definition) is 3. The second-order valence-corrected chi connectivity index (χ2v) is 6.31. The standard InChI is InChI=1S/C22H30N4O3.HI/c1-3-23-22(25-17-21(27)24-16-18-9-5-4-6-10-18)26-19-11-7-12-20(15-19)29-14-8-13-28-2;/h4-7,9-12,15H,3,8,13-14,16-17H2,1-2H3,(H,24,27)(H2,23,25,26);1H. The first-order valence-corrected chi connectivity index (χ1v) is 9.79. The number of rotatable bonds is 11. The lowest BCUT2D eigenvalue weighted by Gasteiger charge is -2.13. The van der Waals surface area contributed by atoms with Crippen molar-refractivity contribution in [2.75, 3.05) is 38.7 Å². The number of methoxy groups -OCH3 is 1. The van der Waals surface area contributed by atoms with Crippen molar-refractivity contribution in [2.24, 2.45) is 4.99 Å². The fourth-order valence-electron chi connectivity index (χ4n) is 2.50. The maximum absolute atomic E-state index is 12.1. The second kappa shape index (κ2) is 15.5. The number of carbonyl (C=O) groups excluding carboxylic acids is 1. The average molecular weight is 526 g/mol. The van der Waals surface area contributed by atoms with Crippen molar-refractivity contribution in [3.63, 3.8) is 0 Å². The van der Waals surface area contributed by atoms with Crippen LogP contribution in [0, 0.1) is 0 Å². The van der Waals surface area contributed by atoms with Crippen molar-refractivity contribution in [1.82, 2.24) is 10.6 Å². The molecular weight excluding hydrogens is 495 g/mol. The molecule has 1 amide bonds. The Hall–Kier alpha value is -2.33. The number of carbonyl (C=O) groups is 1. The summed E-state index contributed by atoms with van der Waals surface area (Å²) in [6.45, 7) is 4.44. The number of benzene rings is 2. The third-order valence-corrected chi connectivity index (χ3v) is 3.92. The van der Waals surface area contributed by atoms with Gasteiger partial charge in [0.2, 0.25) is 5.91 Å². The van der Waals surface area contributed by atoms with Gasteiger partial charge in [0.15, 0.2) is 5.96 Å². The number of guanidine groups is 1. The molecule has 164 valence electrons. The van der Waals surface area contributed by atoms with Crippen LogP contribution in [0.3, 0.4) is 0 Å². The van der Waals surface area contributed by atoms with Gasteiger partial charge in [0.05, 0.1) is 6.61 Å². The van der Waals surface area contributed by atoms with Crippen molar-refractivity contribution in [1.29, 1.82) is 0 Å². The summed E-state index contributed by atoms with van der Waals surface area (Å²) in [5, 5.41) is 9.22. The lowest BCUT2D eigenvalue weighted by molar-refractivity contribution is -0.119. The Bertz CT molecular complexity index is 772. The van der Waals surface area contributed by atoms with Gasteiger partial charge in [0.25, 0.3) is 0 Å². The van der Waals surface area contributed by atoms with E-state index >= 15 is 0 Å². The fraction of sp³-hybridized carbons (Fsp3) is 0.364. The van der Waals surface area contributed by atoms with Gasteiger partial charge in [0.1, 0.15) is 12.3 Å². The molecule has 0 aliphatic rings. The van der Waals surface area contributed by atoms with Crippen LogP contribution >= 0.6 is 24.0 Å². The predicted octanol–water partition coefficient (Wildman–Crippen LogP) is 3.41. The Morgan fingerprint density at radius 1 is 1.03 bits per heavy atom. The van der Waals surface area contributed by atoms with E-state index in [0.29, 0.717) is 32.3 Å².